The minimum Gasteiger partial charge on any atom is -0.331 e. The molecule has 1 heterocycles. The molecule has 0 saturated heterocycles. The first-order valence-electron chi connectivity index (χ1n) is 10.5. The van der Waals surface area contributed by atoms with Gasteiger partial charge in [-0.15, -0.1) is 0 Å². The Kier molecular flexibility index (Phi) is 7.70. The number of nitrogens with zero attached hydrogens (tertiary/aromatic N) is 3. The number of hydrogen-bond donors (Lipinski definition) is 0. The molecule has 2 aromatic carbocycles. The smallest absolute Gasteiger partial charge is 0.254 e. The van der Waals surface area contributed by atoms with Crippen LogP contribution in [0.1, 0.15) is 56.2 Å². The summed E-state index contributed by atoms with van der Waals surface area (Å²) in [6, 6.07) is 16.1. The van der Waals surface area contributed by atoms with Gasteiger partial charge < -0.3 is 9.47 Å². The normalized spacial score (nSPS) is 11.3. The molecule has 3 aromatic rings. The molecule has 0 saturated carbocycles. The van der Waals surface area contributed by atoms with Gasteiger partial charge in [0.05, 0.1) is 17.6 Å². The quantitative estimate of drug-likeness (QED) is 0.330. The van der Waals surface area contributed by atoms with Crippen molar-refractivity contribution in [3.8, 4) is 0 Å². The Bertz CT molecular complexity index is 964. The third kappa shape index (κ3) is 5.59. The van der Waals surface area contributed by atoms with E-state index in [0.29, 0.717) is 12.5 Å². The van der Waals surface area contributed by atoms with Gasteiger partial charge in [-0.1, -0.05) is 45.4 Å². The summed E-state index contributed by atoms with van der Waals surface area (Å²) in [5.41, 5.74) is 2.91. The molecule has 0 atom stereocenters. The van der Waals surface area contributed by atoms with Crippen LogP contribution in [0.2, 0.25) is 0 Å². The molecular formula is C24H30IN3O. The molecule has 5 heteroatoms. The van der Waals surface area contributed by atoms with E-state index in [4.69, 9.17) is 4.98 Å². The van der Waals surface area contributed by atoms with Gasteiger partial charge in [0, 0.05) is 22.2 Å². The lowest BCUT2D eigenvalue weighted by Gasteiger charge is -2.24. The van der Waals surface area contributed by atoms with Gasteiger partial charge in [0.25, 0.3) is 5.91 Å². The third-order valence-electron chi connectivity index (χ3n) is 5.14. The first-order valence-corrected chi connectivity index (χ1v) is 11.6. The Hall–Kier alpha value is -1.89. The first kappa shape index (κ1) is 21.8. The maximum Gasteiger partial charge on any atom is 0.254 e. The predicted molar refractivity (Wildman–Crippen MR) is 128 cm³/mol. The fourth-order valence-electron chi connectivity index (χ4n) is 3.45. The lowest BCUT2D eigenvalue weighted by molar-refractivity contribution is 0.0729. The largest absolute Gasteiger partial charge is 0.331 e. The molecule has 0 radical (unpaired) electrons. The number of halogens is 1. The number of fused-ring (bicyclic) bond motifs is 1. The van der Waals surface area contributed by atoms with Gasteiger partial charge in [-0.2, -0.15) is 0 Å². The van der Waals surface area contributed by atoms with Gasteiger partial charge in [-0.05, 0) is 71.7 Å². The Morgan fingerprint density at radius 1 is 1.17 bits per heavy atom. The monoisotopic (exact) mass is 503 g/mol. The number of rotatable bonds is 9. The van der Waals surface area contributed by atoms with Crippen LogP contribution in [-0.4, -0.2) is 26.9 Å². The summed E-state index contributed by atoms with van der Waals surface area (Å²) in [7, 11) is 0. The maximum absolute atomic E-state index is 13.3. The SMILES string of the molecule is CCCCn1c(CN(CCC(C)C)C(=O)c2cccc(I)c2)nc2ccccc21. The highest BCUT2D eigenvalue weighted by Crippen LogP contribution is 2.20. The average molecular weight is 503 g/mol. The van der Waals surface area contributed by atoms with Crippen LogP contribution in [-0.2, 0) is 13.1 Å². The van der Waals surface area contributed by atoms with Crippen LogP contribution in [0.25, 0.3) is 11.0 Å². The van der Waals surface area contributed by atoms with Gasteiger partial charge in [0.15, 0.2) is 0 Å². The van der Waals surface area contributed by atoms with Crippen LogP contribution in [0, 0.1) is 9.49 Å². The molecule has 0 N–H and O–H groups in total. The molecule has 154 valence electrons. The Labute approximate surface area is 187 Å². The van der Waals surface area contributed by atoms with E-state index in [1.54, 1.807) is 0 Å². The molecule has 3 rings (SSSR count). The topological polar surface area (TPSA) is 38.1 Å². The van der Waals surface area contributed by atoms with Crippen LogP contribution >= 0.6 is 22.6 Å². The van der Waals surface area contributed by atoms with E-state index >= 15 is 0 Å². The minimum atomic E-state index is 0.0817. The van der Waals surface area contributed by atoms with Crippen molar-refractivity contribution in [1.29, 1.82) is 0 Å². The van der Waals surface area contributed by atoms with Gasteiger partial charge in [-0.3, -0.25) is 4.79 Å². The molecule has 0 fully saturated rings. The number of carbonyl (C=O) groups is 1. The van der Waals surface area contributed by atoms with Crippen molar-refractivity contribution >= 4 is 39.5 Å². The van der Waals surface area contributed by atoms with Crippen molar-refractivity contribution in [3.05, 3.63) is 63.5 Å². The highest BCUT2D eigenvalue weighted by Gasteiger charge is 2.20. The Morgan fingerprint density at radius 2 is 1.97 bits per heavy atom. The van der Waals surface area contributed by atoms with E-state index in [2.05, 4.69) is 66.1 Å². The fraction of sp³-hybridized carbons (Fsp3) is 0.417. The van der Waals surface area contributed by atoms with Crippen molar-refractivity contribution in [3.63, 3.8) is 0 Å². The van der Waals surface area contributed by atoms with Crippen molar-refractivity contribution in [2.75, 3.05) is 6.54 Å². The zero-order valence-corrected chi connectivity index (χ0v) is 19.7. The van der Waals surface area contributed by atoms with Gasteiger partial charge in [-0.25, -0.2) is 4.98 Å². The number of benzene rings is 2. The molecule has 4 nitrogen and oxygen atoms in total. The van der Waals surface area contributed by atoms with E-state index in [1.807, 2.05) is 35.2 Å². The second-order valence-corrected chi connectivity index (χ2v) is 9.19. The summed E-state index contributed by atoms with van der Waals surface area (Å²) < 4.78 is 3.37. The first-order chi connectivity index (χ1) is 14.0. The van der Waals surface area contributed by atoms with Gasteiger partial charge in [0.2, 0.25) is 0 Å². The number of imidazole rings is 1. The number of para-hydroxylation sites is 2. The molecule has 0 unspecified atom stereocenters. The molecule has 29 heavy (non-hydrogen) atoms. The fourth-order valence-corrected chi connectivity index (χ4v) is 4.00. The lowest BCUT2D eigenvalue weighted by atomic mass is 10.1. The van der Waals surface area contributed by atoms with Gasteiger partial charge in [0.1, 0.15) is 5.82 Å². The molecule has 0 aliphatic carbocycles. The van der Waals surface area contributed by atoms with Crippen molar-refractivity contribution in [2.24, 2.45) is 5.92 Å². The van der Waals surface area contributed by atoms with Crippen molar-refractivity contribution < 1.29 is 4.79 Å². The lowest BCUT2D eigenvalue weighted by Crippen LogP contribution is -2.33. The van der Waals surface area contributed by atoms with Gasteiger partial charge >= 0.3 is 0 Å². The van der Waals surface area contributed by atoms with Crippen LogP contribution < -0.4 is 0 Å². The summed E-state index contributed by atoms with van der Waals surface area (Å²) >= 11 is 2.26. The zero-order chi connectivity index (χ0) is 20.8. The molecule has 1 amide bonds. The van der Waals surface area contributed by atoms with Crippen molar-refractivity contribution in [2.45, 2.75) is 53.1 Å². The second-order valence-electron chi connectivity index (χ2n) is 7.94. The molecule has 0 aliphatic rings. The summed E-state index contributed by atoms with van der Waals surface area (Å²) in [4.78, 5) is 20.2. The number of aromatic nitrogens is 2. The molecule has 0 aliphatic heterocycles. The Morgan fingerprint density at radius 3 is 2.69 bits per heavy atom. The predicted octanol–water partition coefficient (Wildman–Crippen LogP) is 6.13. The van der Waals surface area contributed by atoms with E-state index in [1.165, 1.54) is 0 Å². The number of hydrogen-bond acceptors (Lipinski definition) is 2. The maximum atomic E-state index is 13.3. The number of aryl methyl sites for hydroxylation is 1. The van der Waals surface area contributed by atoms with E-state index < -0.39 is 0 Å². The number of unbranched alkanes of at least 4 members (excludes halogenated alkanes) is 1. The average Bonchev–Trinajstić information content (AvgIpc) is 3.05. The summed E-state index contributed by atoms with van der Waals surface area (Å²) in [5.74, 6) is 1.60. The molecule has 0 spiro atoms. The highest BCUT2D eigenvalue weighted by atomic mass is 127. The summed E-state index contributed by atoms with van der Waals surface area (Å²) in [6.45, 7) is 8.81. The summed E-state index contributed by atoms with van der Waals surface area (Å²) in [5, 5.41) is 0. The van der Waals surface area contributed by atoms with Crippen molar-refractivity contribution in [1.82, 2.24) is 14.5 Å². The minimum absolute atomic E-state index is 0.0817. The van der Waals surface area contributed by atoms with E-state index in [9.17, 15) is 4.79 Å². The molecular weight excluding hydrogens is 473 g/mol. The zero-order valence-electron chi connectivity index (χ0n) is 17.6. The highest BCUT2D eigenvalue weighted by molar-refractivity contribution is 14.1. The van der Waals surface area contributed by atoms with E-state index in [0.717, 1.165) is 58.3 Å². The van der Waals surface area contributed by atoms with Crippen LogP contribution in [0.15, 0.2) is 48.5 Å². The van der Waals surface area contributed by atoms with Crippen LogP contribution in [0.5, 0.6) is 0 Å². The van der Waals surface area contributed by atoms with Crippen LogP contribution in [0.3, 0.4) is 0 Å². The van der Waals surface area contributed by atoms with E-state index in [-0.39, 0.29) is 5.91 Å². The standard InChI is InChI=1S/C24H30IN3O/c1-4-5-14-28-22-12-7-6-11-21(22)26-23(28)17-27(15-13-18(2)3)24(29)19-9-8-10-20(25)16-19/h6-12,16,18H,4-5,13-15,17H2,1-3H3. The third-order valence-corrected chi connectivity index (χ3v) is 5.81. The molecule has 0 bridgehead atoms. The van der Waals surface area contributed by atoms with Crippen LogP contribution in [0.4, 0.5) is 0 Å². The number of amides is 1. The second kappa shape index (κ2) is 10.2. The Balaban J connectivity index is 1.93. The summed E-state index contributed by atoms with van der Waals surface area (Å²) in [6.07, 6.45) is 3.21. The number of carbonyl (C=O) groups excluding carboxylic acids is 1. The molecule has 1 aromatic heterocycles.